The number of hydrogen-bond donors (Lipinski definition) is 3. The molecule has 3 heterocycles. The molecule has 3 aromatic heterocycles. The van der Waals surface area contributed by atoms with Gasteiger partial charge in [-0.25, -0.2) is 24.3 Å². The van der Waals surface area contributed by atoms with E-state index in [1.54, 1.807) is 37.3 Å². The third kappa shape index (κ3) is 5.51. The van der Waals surface area contributed by atoms with Crippen LogP contribution in [0.25, 0.3) is 21.3 Å². The van der Waals surface area contributed by atoms with Crippen LogP contribution in [0.5, 0.6) is 0 Å². The first-order valence-corrected chi connectivity index (χ1v) is 12.8. The largest absolute Gasteiger partial charge is 0.383 e. The second kappa shape index (κ2) is 10.8. The van der Waals surface area contributed by atoms with Crippen molar-refractivity contribution in [3.63, 3.8) is 0 Å². The average molecular weight is 539 g/mol. The Labute approximate surface area is 227 Å². The Balaban J connectivity index is 1.33. The Morgan fingerprint density at radius 2 is 2.00 bits per heavy atom. The van der Waals surface area contributed by atoms with Crippen LogP contribution in [0.4, 0.5) is 16.0 Å². The summed E-state index contributed by atoms with van der Waals surface area (Å²) in [5.41, 5.74) is 8.90. The second-order valence-electron chi connectivity index (χ2n) is 8.88. The number of nitrogen functional groups attached to an aromatic ring is 1. The predicted octanol–water partition coefficient (Wildman–Crippen LogP) is 5.15. The normalized spacial score (nSPS) is 11.6. The van der Waals surface area contributed by atoms with E-state index in [9.17, 15) is 14.4 Å². The minimum atomic E-state index is -0.529. The number of rotatable bonds is 7. The monoisotopic (exact) mass is 538 g/mol. The van der Waals surface area contributed by atoms with Crippen LogP contribution < -0.4 is 16.4 Å². The molecule has 0 radical (unpaired) electrons. The Morgan fingerprint density at radius 3 is 2.79 bits per heavy atom. The van der Waals surface area contributed by atoms with Crippen LogP contribution in [0.3, 0.4) is 0 Å². The average Bonchev–Trinajstić information content (AvgIpc) is 3.42. The number of hydrogen-bond acceptors (Lipinski definition) is 9. The van der Waals surface area contributed by atoms with Gasteiger partial charge in [-0.2, -0.15) is 5.26 Å². The van der Waals surface area contributed by atoms with Crippen molar-refractivity contribution in [1.29, 1.82) is 5.26 Å². The quantitative estimate of drug-likeness (QED) is 0.258. The highest BCUT2D eigenvalue weighted by molar-refractivity contribution is 7.15. The molecule has 0 saturated heterocycles. The van der Waals surface area contributed by atoms with Crippen LogP contribution in [-0.4, -0.2) is 25.8 Å². The standard InChI is InChI=1S/C28H23FN8OS/c1-15-3-4-17(10-22(15)29)16(2)36-28(38)25-27(32-12-19(11-30)37-25)33-13-20-6-8-24(39-20)18-5-7-23-21(9-18)26(31)35-14-34-23/h3-10,12,14,16H,13H2,1-2H3,(H,32,33)(H,36,38)(H2,31,34,35)/t16-/m0/s1. The van der Waals surface area contributed by atoms with E-state index in [1.807, 2.05) is 36.4 Å². The van der Waals surface area contributed by atoms with Crippen molar-refractivity contribution in [3.05, 3.63) is 94.3 Å². The highest BCUT2D eigenvalue weighted by atomic mass is 32.1. The van der Waals surface area contributed by atoms with Crippen LogP contribution in [0.1, 0.15) is 45.2 Å². The fraction of sp³-hybridized carbons (Fsp3) is 0.143. The van der Waals surface area contributed by atoms with E-state index in [4.69, 9.17) is 5.73 Å². The van der Waals surface area contributed by atoms with Gasteiger partial charge in [0.2, 0.25) is 0 Å². The molecule has 5 rings (SSSR count). The van der Waals surface area contributed by atoms with Crippen molar-refractivity contribution < 1.29 is 9.18 Å². The van der Waals surface area contributed by atoms with Gasteiger partial charge in [0.05, 0.1) is 24.3 Å². The van der Waals surface area contributed by atoms with Gasteiger partial charge in [0.15, 0.2) is 17.2 Å². The summed E-state index contributed by atoms with van der Waals surface area (Å²) in [6.07, 6.45) is 2.75. The van der Waals surface area contributed by atoms with Gasteiger partial charge >= 0.3 is 0 Å². The number of aromatic nitrogens is 4. The fourth-order valence-electron chi connectivity index (χ4n) is 3.99. The third-order valence-corrected chi connectivity index (χ3v) is 7.32. The van der Waals surface area contributed by atoms with E-state index in [0.29, 0.717) is 23.5 Å². The lowest BCUT2D eigenvalue weighted by Crippen LogP contribution is -2.29. The minimum Gasteiger partial charge on any atom is -0.383 e. The van der Waals surface area contributed by atoms with Crippen molar-refractivity contribution in [2.45, 2.75) is 26.4 Å². The highest BCUT2D eigenvalue weighted by Crippen LogP contribution is 2.31. The number of nitriles is 1. The van der Waals surface area contributed by atoms with Crippen LogP contribution in [0, 0.1) is 24.1 Å². The number of nitrogens with one attached hydrogen (secondary N) is 2. The lowest BCUT2D eigenvalue weighted by atomic mass is 10.1. The van der Waals surface area contributed by atoms with E-state index in [-0.39, 0.29) is 23.0 Å². The van der Waals surface area contributed by atoms with Crippen molar-refractivity contribution in [3.8, 4) is 16.5 Å². The number of halogens is 1. The minimum absolute atomic E-state index is 0.0118. The number of nitrogens with zero attached hydrogens (tertiary/aromatic N) is 5. The molecular formula is C28H23FN8OS. The van der Waals surface area contributed by atoms with Crippen molar-refractivity contribution in [1.82, 2.24) is 25.3 Å². The molecule has 0 aliphatic carbocycles. The Bertz CT molecular complexity index is 1750. The summed E-state index contributed by atoms with van der Waals surface area (Å²) in [5.74, 6) is -0.219. The number of carbonyl (C=O) groups is 1. The van der Waals surface area contributed by atoms with Gasteiger partial charge in [0.1, 0.15) is 24.0 Å². The molecule has 0 unspecified atom stereocenters. The maximum Gasteiger partial charge on any atom is 0.274 e. The molecule has 5 aromatic rings. The fourth-order valence-corrected chi connectivity index (χ4v) is 4.93. The lowest BCUT2D eigenvalue weighted by molar-refractivity contribution is 0.0935. The molecule has 1 amide bonds. The summed E-state index contributed by atoms with van der Waals surface area (Å²) in [6, 6.07) is 16.1. The van der Waals surface area contributed by atoms with Crippen molar-refractivity contribution in [2.75, 3.05) is 11.1 Å². The van der Waals surface area contributed by atoms with Gasteiger partial charge in [-0.15, -0.1) is 11.3 Å². The maximum absolute atomic E-state index is 14.0. The third-order valence-electron chi connectivity index (χ3n) is 6.19. The van der Waals surface area contributed by atoms with Gasteiger partial charge in [0, 0.05) is 15.1 Å². The number of aryl methyl sites for hydroxylation is 1. The summed E-state index contributed by atoms with van der Waals surface area (Å²) >= 11 is 1.57. The number of amides is 1. The van der Waals surface area contributed by atoms with E-state index in [2.05, 4.69) is 30.6 Å². The molecule has 194 valence electrons. The summed E-state index contributed by atoms with van der Waals surface area (Å²) in [4.78, 5) is 31.9. The number of carbonyl (C=O) groups excluding carboxylic acids is 1. The van der Waals surface area contributed by atoms with Gasteiger partial charge in [-0.1, -0.05) is 18.2 Å². The van der Waals surface area contributed by atoms with Gasteiger partial charge in [0.25, 0.3) is 5.91 Å². The maximum atomic E-state index is 14.0. The van der Waals surface area contributed by atoms with E-state index < -0.39 is 11.9 Å². The van der Waals surface area contributed by atoms with Gasteiger partial charge in [-0.05, 0) is 60.9 Å². The molecule has 0 fully saturated rings. The molecule has 0 saturated carbocycles. The summed E-state index contributed by atoms with van der Waals surface area (Å²) in [5, 5.41) is 16.1. The van der Waals surface area contributed by atoms with E-state index >= 15 is 0 Å². The number of fused-ring (bicyclic) bond motifs is 1. The molecule has 0 spiro atoms. The van der Waals surface area contributed by atoms with Crippen LogP contribution in [0.15, 0.2) is 61.1 Å². The van der Waals surface area contributed by atoms with Crippen molar-refractivity contribution in [2.24, 2.45) is 0 Å². The topological polar surface area (TPSA) is 142 Å². The number of anilines is 2. The second-order valence-corrected chi connectivity index (χ2v) is 10.0. The van der Waals surface area contributed by atoms with Crippen LogP contribution in [0.2, 0.25) is 0 Å². The molecule has 0 bridgehead atoms. The smallest absolute Gasteiger partial charge is 0.274 e. The molecule has 11 heteroatoms. The SMILES string of the molecule is Cc1ccc([C@H](C)NC(=O)c2nc(C#N)cnc2NCc2ccc(-c3ccc4ncnc(N)c4c3)s2)cc1F. The molecular weight excluding hydrogens is 515 g/mol. The van der Waals surface area contributed by atoms with Gasteiger partial charge < -0.3 is 16.4 Å². The number of nitrogens with two attached hydrogens (primary N) is 1. The number of thiophene rings is 1. The molecule has 0 aliphatic rings. The molecule has 9 nitrogen and oxygen atoms in total. The van der Waals surface area contributed by atoms with E-state index in [0.717, 1.165) is 26.2 Å². The molecule has 2 aromatic carbocycles. The van der Waals surface area contributed by atoms with Crippen LogP contribution >= 0.6 is 11.3 Å². The number of benzene rings is 2. The van der Waals surface area contributed by atoms with Crippen LogP contribution in [-0.2, 0) is 6.54 Å². The Hall–Kier alpha value is -4.95. The van der Waals surface area contributed by atoms with Gasteiger partial charge in [-0.3, -0.25) is 4.79 Å². The first-order chi connectivity index (χ1) is 18.8. The lowest BCUT2D eigenvalue weighted by Gasteiger charge is -2.16. The summed E-state index contributed by atoms with van der Waals surface area (Å²) in [7, 11) is 0. The summed E-state index contributed by atoms with van der Waals surface area (Å²) < 4.78 is 14.0. The molecule has 0 aliphatic heterocycles. The first kappa shape index (κ1) is 25.7. The van der Waals surface area contributed by atoms with Crippen molar-refractivity contribution >= 4 is 39.8 Å². The predicted molar refractivity (Wildman–Crippen MR) is 148 cm³/mol. The molecule has 1 atom stereocenters. The zero-order valence-corrected chi connectivity index (χ0v) is 21.9. The molecule has 39 heavy (non-hydrogen) atoms. The first-order valence-electron chi connectivity index (χ1n) is 12.0. The Kier molecular flexibility index (Phi) is 7.12. The highest BCUT2D eigenvalue weighted by Gasteiger charge is 2.19. The van der Waals surface area contributed by atoms with E-state index in [1.165, 1.54) is 18.6 Å². The summed E-state index contributed by atoms with van der Waals surface area (Å²) in [6.45, 7) is 3.80. The zero-order chi connectivity index (χ0) is 27.5. The Morgan fingerprint density at radius 1 is 1.15 bits per heavy atom. The molecule has 4 N–H and O–H groups in total. The zero-order valence-electron chi connectivity index (χ0n) is 21.1.